The summed E-state index contributed by atoms with van der Waals surface area (Å²) in [5, 5.41) is 6.22. The Morgan fingerprint density at radius 1 is 1.47 bits per heavy atom. The summed E-state index contributed by atoms with van der Waals surface area (Å²) in [6.45, 7) is 1.71. The van der Waals surface area contributed by atoms with Crippen molar-refractivity contribution in [2.45, 2.75) is 18.9 Å². The quantitative estimate of drug-likeness (QED) is 0.776. The predicted molar refractivity (Wildman–Crippen MR) is 59.0 cm³/mol. The highest BCUT2D eigenvalue weighted by Gasteiger charge is 2.14. The molecule has 0 aromatic carbocycles. The molecule has 1 aliphatic heterocycles. The molecule has 1 aliphatic rings. The van der Waals surface area contributed by atoms with Gasteiger partial charge in [0.15, 0.2) is 0 Å². The highest BCUT2D eigenvalue weighted by molar-refractivity contribution is 5.45. The highest BCUT2D eigenvalue weighted by atomic mass is 16.5. The summed E-state index contributed by atoms with van der Waals surface area (Å²) in [5.41, 5.74) is 0. The summed E-state index contributed by atoms with van der Waals surface area (Å²) >= 11 is 0. The first kappa shape index (κ1) is 10.2. The number of hydrogen-bond acceptors (Lipinski definition) is 5. The van der Waals surface area contributed by atoms with Gasteiger partial charge in [-0.05, 0) is 12.8 Å². The van der Waals surface area contributed by atoms with Crippen LogP contribution < -0.4 is 10.6 Å². The van der Waals surface area contributed by atoms with Crippen molar-refractivity contribution in [3.05, 3.63) is 12.4 Å². The zero-order chi connectivity index (χ0) is 10.5. The zero-order valence-electron chi connectivity index (χ0n) is 8.86. The van der Waals surface area contributed by atoms with Gasteiger partial charge >= 0.3 is 0 Å². The lowest BCUT2D eigenvalue weighted by molar-refractivity contribution is 0.120. The topological polar surface area (TPSA) is 59.1 Å². The summed E-state index contributed by atoms with van der Waals surface area (Å²) in [4.78, 5) is 8.17. The summed E-state index contributed by atoms with van der Waals surface area (Å²) in [7, 11) is 1.84. The third-order valence-corrected chi connectivity index (χ3v) is 2.46. The molecular weight excluding hydrogens is 192 g/mol. The predicted octanol–water partition coefficient (Wildman–Crippen LogP) is 1.11. The van der Waals surface area contributed by atoms with Crippen molar-refractivity contribution in [1.29, 1.82) is 0 Å². The summed E-state index contributed by atoms with van der Waals surface area (Å²) < 4.78 is 5.51. The van der Waals surface area contributed by atoms with Crippen LogP contribution in [0.4, 0.5) is 11.6 Å². The van der Waals surface area contributed by atoms with Gasteiger partial charge in [-0.15, -0.1) is 0 Å². The van der Waals surface area contributed by atoms with Crippen molar-refractivity contribution in [3.63, 3.8) is 0 Å². The molecule has 1 saturated heterocycles. The van der Waals surface area contributed by atoms with Gasteiger partial charge in [-0.1, -0.05) is 0 Å². The van der Waals surface area contributed by atoms with E-state index in [1.807, 2.05) is 13.1 Å². The SMILES string of the molecule is CNc1cc(NCC2CCCO2)ncn1. The Kier molecular flexibility index (Phi) is 3.34. The molecule has 2 rings (SSSR count). The zero-order valence-corrected chi connectivity index (χ0v) is 8.86. The number of rotatable bonds is 4. The van der Waals surface area contributed by atoms with Gasteiger partial charge in [-0.2, -0.15) is 0 Å². The second kappa shape index (κ2) is 4.93. The molecule has 0 amide bonds. The van der Waals surface area contributed by atoms with E-state index in [1.54, 1.807) is 6.33 Å². The van der Waals surface area contributed by atoms with Crippen LogP contribution in [0.1, 0.15) is 12.8 Å². The minimum atomic E-state index is 0.331. The van der Waals surface area contributed by atoms with Crippen LogP contribution in [0.2, 0.25) is 0 Å². The molecule has 2 heterocycles. The summed E-state index contributed by atoms with van der Waals surface area (Å²) in [5.74, 6) is 1.66. The fraction of sp³-hybridized carbons (Fsp3) is 0.600. The fourth-order valence-electron chi connectivity index (χ4n) is 1.61. The molecule has 1 fully saturated rings. The van der Waals surface area contributed by atoms with Crippen molar-refractivity contribution in [3.8, 4) is 0 Å². The van der Waals surface area contributed by atoms with Crippen LogP contribution in [0.3, 0.4) is 0 Å². The van der Waals surface area contributed by atoms with Crippen molar-refractivity contribution in [1.82, 2.24) is 9.97 Å². The minimum absolute atomic E-state index is 0.331. The molecule has 0 aliphatic carbocycles. The van der Waals surface area contributed by atoms with E-state index in [9.17, 15) is 0 Å². The van der Waals surface area contributed by atoms with Gasteiger partial charge in [0.2, 0.25) is 0 Å². The maximum absolute atomic E-state index is 5.51. The third kappa shape index (κ3) is 2.79. The number of aromatic nitrogens is 2. The van der Waals surface area contributed by atoms with Gasteiger partial charge in [-0.25, -0.2) is 9.97 Å². The number of nitrogens with one attached hydrogen (secondary N) is 2. The van der Waals surface area contributed by atoms with E-state index >= 15 is 0 Å². The standard InChI is InChI=1S/C10H16N4O/c1-11-9-5-10(14-7-13-9)12-6-8-3-2-4-15-8/h5,7-8H,2-4,6H2,1H3,(H2,11,12,13,14). The lowest BCUT2D eigenvalue weighted by atomic mass is 10.2. The monoisotopic (exact) mass is 208 g/mol. The van der Waals surface area contributed by atoms with E-state index in [0.29, 0.717) is 6.10 Å². The number of hydrogen-bond donors (Lipinski definition) is 2. The molecule has 1 atom stereocenters. The van der Waals surface area contributed by atoms with E-state index in [2.05, 4.69) is 20.6 Å². The van der Waals surface area contributed by atoms with Crippen molar-refractivity contribution in [2.75, 3.05) is 30.8 Å². The van der Waals surface area contributed by atoms with Gasteiger partial charge in [0.1, 0.15) is 18.0 Å². The Bertz CT molecular complexity index is 312. The van der Waals surface area contributed by atoms with Crippen molar-refractivity contribution in [2.24, 2.45) is 0 Å². The van der Waals surface area contributed by atoms with Crippen LogP contribution >= 0.6 is 0 Å². The molecule has 0 bridgehead atoms. The molecule has 5 nitrogen and oxygen atoms in total. The van der Waals surface area contributed by atoms with Gasteiger partial charge in [0, 0.05) is 26.3 Å². The fourth-order valence-corrected chi connectivity index (χ4v) is 1.61. The van der Waals surface area contributed by atoms with E-state index in [1.165, 1.54) is 0 Å². The second-order valence-corrected chi connectivity index (χ2v) is 3.55. The van der Waals surface area contributed by atoms with Crippen LogP contribution in [-0.2, 0) is 4.74 Å². The van der Waals surface area contributed by atoms with E-state index in [-0.39, 0.29) is 0 Å². The van der Waals surface area contributed by atoms with Crippen molar-refractivity contribution < 1.29 is 4.74 Å². The van der Waals surface area contributed by atoms with Crippen LogP contribution in [0.25, 0.3) is 0 Å². The molecule has 2 N–H and O–H groups in total. The average molecular weight is 208 g/mol. The number of anilines is 2. The first-order valence-corrected chi connectivity index (χ1v) is 5.24. The smallest absolute Gasteiger partial charge is 0.131 e. The molecule has 1 aromatic heterocycles. The molecule has 0 spiro atoms. The van der Waals surface area contributed by atoms with E-state index in [4.69, 9.17) is 4.74 Å². The molecule has 1 unspecified atom stereocenters. The maximum Gasteiger partial charge on any atom is 0.131 e. The molecule has 82 valence electrons. The molecule has 1 aromatic rings. The Hall–Kier alpha value is -1.36. The second-order valence-electron chi connectivity index (χ2n) is 3.55. The molecule has 15 heavy (non-hydrogen) atoms. The molecule has 5 heteroatoms. The van der Waals surface area contributed by atoms with Crippen LogP contribution in [0, 0.1) is 0 Å². The lowest BCUT2D eigenvalue weighted by Crippen LogP contribution is -2.19. The Morgan fingerprint density at radius 3 is 3.07 bits per heavy atom. The van der Waals surface area contributed by atoms with Gasteiger partial charge in [0.25, 0.3) is 0 Å². The van der Waals surface area contributed by atoms with Crippen LogP contribution in [-0.4, -0.2) is 36.3 Å². The number of nitrogens with zero attached hydrogens (tertiary/aromatic N) is 2. The van der Waals surface area contributed by atoms with Crippen molar-refractivity contribution >= 4 is 11.6 Å². The molecular formula is C10H16N4O. The summed E-state index contributed by atoms with van der Waals surface area (Å²) in [6, 6.07) is 1.88. The normalized spacial score (nSPS) is 20.2. The lowest BCUT2D eigenvalue weighted by Gasteiger charge is -2.11. The largest absolute Gasteiger partial charge is 0.376 e. The Balaban J connectivity index is 1.86. The maximum atomic E-state index is 5.51. The average Bonchev–Trinajstić information content (AvgIpc) is 2.79. The van der Waals surface area contributed by atoms with Crippen LogP contribution in [0.5, 0.6) is 0 Å². The Morgan fingerprint density at radius 2 is 2.33 bits per heavy atom. The minimum Gasteiger partial charge on any atom is -0.376 e. The number of ether oxygens (including phenoxy) is 1. The van der Waals surface area contributed by atoms with Crippen LogP contribution in [0.15, 0.2) is 12.4 Å². The van der Waals surface area contributed by atoms with E-state index < -0.39 is 0 Å². The van der Waals surface area contributed by atoms with Gasteiger partial charge in [0.05, 0.1) is 6.10 Å². The molecule has 0 saturated carbocycles. The van der Waals surface area contributed by atoms with Gasteiger partial charge < -0.3 is 15.4 Å². The third-order valence-electron chi connectivity index (χ3n) is 2.46. The van der Waals surface area contributed by atoms with Gasteiger partial charge in [-0.3, -0.25) is 0 Å². The molecule has 0 radical (unpaired) electrons. The Labute approximate surface area is 89.3 Å². The first-order chi connectivity index (χ1) is 7.38. The summed E-state index contributed by atoms with van der Waals surface area (Å²) in [6.07, 6.45) is 4.18. The first-order valence-electron chi connectivity index (χ1n) is 5.24. The highest BCUT2D eigenvalue weighted by Crippen LogP contribution is 2.13. The van der Waals surface area contributed by atoms with E-state index in [0.717, 1.165) is 37.6 Å².